The number of allylic oxidation sites excluding steroid dienone is 1. The highest BCUT2D eigenvalue weighted by atomic mass is 32.2. The number of aromatic nitrogens is 1. The molecule has 0 N–H and O–H groups in total. The maximum atomic E-state index is 15.1. The monoisotopic (exact) mass is 537 g/mol. The number of benzene rings is 1. The summed E-state index contributed by atoms with van der Waals surface area (Å²) >= 11 is 0. The highest BCUT2D eigenvalue weighted by molar-refractivity contribution is 7.90. The van der Waals surface area contributed by atoms with Gasteiger partial charge in [-0.25, -0.2) is 22.6 Å². The molecule has 1 saturated carbocycles. The van der Waals surface area contributed by atoms with Crippen LogP contribution < -0.4 is 0 Å². The van der Waals surface area contributed by atoms with Crippen LogP contribution in [0.3, 0.4) is 0 Å². The molecular weight excluding hydrogens is 509 g/mol. The maximum Gasteiger partial charge on any atom is 0.411 e. The molecule has 3 aliphatic heterocycles. The van der Waals surface area contributed by atoms with E-state index in [0.717, 1.165) is 49.3 Å². The second-order valence-electron chi connectivity index (χ2n) is 10.7. The average Bonchev–Trinajstić information content (AvgIpc) is 3.77. The molecule has 38 heavy (non-hydrogen) atoms. The molecule has 5 aliphatic rings. The van der Waals surface area contributed by atoms with Crippen LogP contribution in [0.1, 0.15) is 49.8 Å². The lowest BCUT2D eigenvalue weighted by Crippen LogP contribution is -2.52. The van der Waals surface area contributed by atoms with Crippen LogP contribution in [0.25, 0.3) is 5.69 Å². The van der Waals surface area contributed by atoms with Crippen LogP contribution in [0, 0.1) is 5.82 Å². The van der Waals surface area contributed by atoms with Crippen molar-refractivity contribution in [2.45, 2.75) is 74.1 Å². The molecule has 2 bridgehead atoms. The van der Waals surface area contributed by atoms with Gasteiger partial charge in [-0.1, -0.05) is 6.08 Å². The lowest BCUT2D eigenvalue weighted by Gasteiger charge is -2.41. The first kappa shape index (κ1) is 23.7. The van der Waals surface area contributed by atoms with E-state index in [1.54, 1.807) is 17.0 Å². The van der Waals surface area contributed by atoms with Crippen LogP contribution in [-0.4, -0.2) is 60.4 Å². The average molecular weight is 538 g/mol. The van der Waals surface area contributed by atoms with Gasteiger partial charge in [0, 0.05) is 37.2 Å². The van der Waals surface area contributed by atoms with E-state index in [2.05, 4.69) is 4.99 Å². The van der Waals surface area contributed by atoms with Gasteiger partial charge in [-0.15, -0.1) is 0 Å². The van der Waals surface area contributed by atoms with Crippen LogP contribution in [0.4, 0.5) is 9.18 Å². The number of aliphatic imine (C=N–C) groups is 1. The van der Waals surface area contributed by atoms with Gasteiger partial charge in [0.25, 0.3) is 0 Å². The Hall–Kier alpha value is -3.40. The largest absolute Gasteiger partial charge is 0.474 e. The van der Waals surface area contributed by atoms with E-state index >= 15 is 4.39 Å². The molecule has 4 heterocycles. The van der Waals surface area contributed by atoms with Crippen LogP contribution in [0.15, 0.2) is 63.8 Å². The zero-order valence-electron chi connectivity index (χ0n) is 21.0. The maximum absolute atomic E-state index is 15.1. The van der Waals surface area contributed by atoms with Crippen molar-refractivity contribution in [3.8, 4) is 5.69 Å². The molecule has 2 aliphatic carbocycles. The van der Waals surface area contributed by atoms with Gasteiger partial charge in [0.1, 0.15) is 18.0 Å². The standard InChI is InChI=1S/C28H28FN3O5S/c1-38(34,35)18-7-8-24(22(29)14-18)31-11-9-19-23(31)4-2-3-10-30-27(19)36-17-12-25-20-15-21(20)26(13-17)32(25)28(33)37-16-5-6-16/h3,7-11,14,16-17,25-26H,2,4-6,12-13,15H2,1H3/b10-3-,30-27?. The third-order valence-electron chi connectivity index (χ3n) is 8.07. The van der Waals surface area contributed by atoms with E-state index in [9.17, 15) is 13.2 Å². The lowest BCUT2D eigenvalue weighted by atomic mass is 9.93. The van der Waals surface area contributed by atoms with Gasteiger partial charge < -0.3 is 14.0 Å². The van der Waals surface area contributed by atoms with E-state index in [-0.39, 0.29) is 41.0 Å². The minimum atomic E-state index is -3.51. The molecule has 2 unspecified atom stereocenters. The number of fused-ring (bicyclic) bond motifs is 5. The van der Waals surface area contributed by atoms with Crippen molar-refractivity contribution in [3.63, 3.8) is 0 Å². The fourth-order valence-corrected chi connectivity index (χ4v) is 6.65. The number of piperidine rings is 2. The fourth-order valence-electron chi connectivity index (χ4n) is 6.01. The molecular formula is C28H28FN3O5S. The van der Waals surface area contributed by atoms with Crippen molar-refractivity contribution < 1.29 is 27.1 Å². The Morgan fingerprint density at radius 1 is 1.11 bits per heavy atom. The van der Waals surface area contributed by atoms with E-state index < -0.39 is 15.7 Å². The highest BCUT2D eigenvalue weighted by Crippen LogP contribution is 2.54. The first-order chi connectivity index (χ1) is 18.3. The highest BCUT2D eigenvalue weighted by Gasteiger charge is 2.56. The summed E-state index contributed by atoms with van der Waals surface area (Å²) in [5.74, 6) is -0.136. The number of hydrogen-bond donors (Lipinski definition) is 0. The molecule has 2 atom stereocenters. The summed E-state index contributed by atoms with van der Waals surface area (Å²) < 4.78 is 52.7. The molecule has 2 fully saturated rings. The van der Waals surface area contributed by atoms with Gasteiger partial charge in [-0.3, -0.25) is 4.90 Å². The number of rotatable bonds is 4. The van der Waals surface area contributed by atoms with Gasteiger partial charge in [0.15, 0.2) is 9.84 Å². The number of ether oxygens (including phenoxy) is 2. The number of sulfone groups is 1. The summed E-state index contributed by atoms with van der Waals surface area (Å²) in [6, 6.07) is 5.89. The summed E-state index contributed by atoms with van der Waals surface area (Å²) in [7, 11) is -3.51. The Kier molecular flexibility index (Phi) is 5.34. The first-order valence-electron chi connectivity index (χ1n) is 13.1. The Labute approximate surface area is 220 Å². The van der Waals surface area contributed by atoms with Crippen LogP contribution in [-0.2, 0) is 25.7 Å². The minimum absolute atomic E-state index is 0.0243. The molecule has 10 heteroatoms. The molecule has 198 valence electrons. The predicted molar refractivity (Wildman–Crippen MR) is 138 cm³/mol. The second kappa shape index (κ2) is 8.56. The van der Waals surface area contributed by atoms with Gasteiger partial charge >= 0.3 is 6.09 Å². The van der Waals surface area contributed by atoms with Gasteiger partial charge in [0.05, 0.1) is 28.2 Å². The van der Waals surface area contributed by atoms with Crippen molar-refractivity contribution in [2.75, 3.05) is 6.26 Å². The van der Waals surface area contributed by atoms with E-state index in [0.29, 0.717) is 25.2 Å². The van der Waals surface area contributed by atoms with Gasteiger partial charge in [0.2, 0.25) is 5.90 Å². The number of hydrogen-bond acceptors (Lipinski definition) is 6. The van der Waals surface area contributed by atoms with Crippen LogP contribution in [0.5, 0.6) is 0 Å². The number of nitrogens with zero attached hydrogens (tertiary/aromatic N) is 3. The zero-order valence-corrected chi connectivity index (χ0v) is 21.8. The smallest absolute Gasteiger partial charge is 0.411 e. The predicted octanol–water partition coefficient (Wildman–Crippen LogP) is 4.46. The van der Waals surface area contributed by atoms with Gasteiger partial charge in [-0.05, 0) is 67.5 Å². The van der Waals surface area contributed by atoms with Crippen LogP contribution >= 0.6 is 0 Å². The third-order valence-corrected chi connectivity index (χ3v) is 9.18. The van der Waals surface area contributed by atoms with Crippen molar-refractivity contribution in [3.05, 3.63) is 71.0 Å². The summed E-state index contributed by atoms with van der Waals surface area (Å²) in [5.41, 5.74) is 4.62. The molecule has 1 aromatic heterocycles. The number of amides is 1. The van der Waals surface area contributed by atoms with Gasteiger partial charge in [-0.2, -0.15) is 0 Å². The summed E-state index contributed by atoms with van der Waals surface area (Å²) in [6.45, 7) is 0. The van der Waals surface area contributed by atoms with Crippen molar-refractivity contribution in [1.29, 1.82) is 0 Å². The minimum Gasteiger partial charge on any atom is -0.474 e. The topological polar surface area (TPSA) is 90.2 Å². The molecule has 7 rings (SSSR count). The molecule has 0 radical (unpaired) electrons. The molecule has 1 aromatic carbocycles. The first-order valence-corrected chi connectivity index (χ1v) is 15.0. The van der Waals surface area contributed by atoms with Crippen molar-refractivity contribution in [2.24, 2.45) is 4.99 Å². The summed E-state index contributed by atoms with van der Waals surface area (Å²) in [4.78, 5) is 19.3. The molecule has 1 saturated heterocycles. The lowest BCUT2D eigenvalue weighted by molar-refractivity contribution is 0.0258. The molecule has 0 spiro atoms. The van der Waals surface area contributed by atoms with E-state index in [1.807, 2.05) is 17.0 Å². The summed E-state index contributed by atoms with van der Waals surface area (Å²) in [5, 5.41) is 0. The zero-order chi connectivity index (χ0) is 26.2. The van der Waals surface area contributed by atoms with E-state index in [1.165, 1.54) is 23.3 Å². The quantitative estimate of drug-likeness (QED) is 0.538. The molecule has 1 amide bonds. The SMILES string of the molecule is CS(=O)(=O)c1ccc(-n2ccc3c2CC/C=C\N=C3OC2CC3C4=C(C4)C(C2)N3C(=O)OC2CC2)c(F)c1. The number of carbonyl (C=O) groups is 1. The fraction of sp³-hybridized carbons (Fsp3) is 0.429. The second-order valence-corrected chi connectivity index (χ2v) is 12.8. The molecule has 2 aromatic rings. The summed E-state index contributed by atoms with van der Waals surface area (Å²) in [6.07, 6.45) is 11.9. The number of halogens is 1. The Bertz CT molecular complexity index is 1530. The number of carbonyl (C=O) groups excluding carboxylic acids is 1. The third kappa shape index (κ3) is 4.05. The van der Waals surface area contributed by atoms with Crippen molar-refractivity contribution in [1.82, 2.24) is 9.47 Å². The Balaban J connectivity index is 1.14. The van der Waals surface area contributed by atoms with E-state index in [4.69, 9.17) is 9.47 Å². The molecule has 8 nitrogen and oxygen atoms in total. The van der Waals surface area contributed by atoms with Crippen LogP contribution in [0.2, 0.25) is 0 Å². The Morgan fingerprint density at radius 2 is 1.87 bits per heavy atom. The van der Waals surface area contributed by atoms with Crippen molar-refractivity contribution >= 4 is 21.8 Å². The normalized spacial score (nSPS) is 26.6. The Morgan fingerprint density at radius 3 is 2.55 bits per heavy atom.